The Bertz CT molecular complexity index is 1290. The Morgan fingerprint density at radius 2 is 1.08 bits per heavy atom. The lowest BCUT2D eigenvalue weighted by atomic mass is 10.2. The molecule has 2 aromatic rings. The summed E-state index contributed by atoms with van der Waals surface area (Å²) in [5.41, 5.74) is -1.71. The number of ether oxygens (including phenoxy) is 2. The van der Waals surface area contributed by atoms with E-state index in [1.54, 1.807) is 41.5 Å². The van der Waals surface area contributed by atoms with Crippen molar-refractivity contribution in [2.45, 2.75) is 75.6 Å². The molecule has 1 aromatic heterocycles. The van der Waals surface area contributed by atoms with Gasteiger partial charge in [-0.05, 0) is 71.9 Å². The van der Waals surface area contributed by atoms with Gasteiger partial charge in [0.25, 0.3) is 20.0 Å². The maximum absolute atomic E-state index is 13.5. The summed E-state index contributed by atoms with van der Waals surface area (Å²) in [6.07, 6.45) is -2.29. The van der Waals surface area contributed by atoms with E-state index in [4.69, 9.17) is 9.47 Å². The van der Waals surface area contributed by atoms with Gasteiger partial charge in [0.15, 0.2) is 0 Å². The minimum absolute atomic E-state index is 0.139. The Morgan fingerprint density at radius 1 is 0.722 bits per heavy atom. The number of benzene rings is 1. The molecule has 0 saturated heterocycles. The van der Waals surface area contributed by atoms with Gasteiger partial charge in [-0.1, -0.05) is 12.1 Å². The first-order valence-corrected chi connectivity index (χ1v) is 13.8. The van der Waals surface area contributed by atoms with E-state index < -0.39 is 66.3 Å². The van der Waals surface area contributed by atoms with Crippen LogP contribution >= 0.6 is 0 Å². The van der Waals surface area contributed by atoms with Gasteiger partial charge in [-0.3, -0.25) is 4.98 Å². The molecule has 1 aliphatic rings. The number of hydrogen-bond acceptors (Lipinski definition) is 9. The molecule has 0 radical (unpaired) electrons. The average molecular weight is 540 g/mol. The zero-order valence-electron chi connectivity index (χ0n) is 20.9. The molecule has 2 heterocycles. The third-order valence-electron chi connectivity index (χ3n) is 4.65. The van der Waals surface area contributed by atoms with Crippen molar-refractivity contribution < 1.29 is 35.9 Å². The maximum Gasteiger partial charge on any atom is 0.424 e. The number of sulfonamides is 2. The normalized spacial score (nSPS) is 17.4. The number of fused-ring (bicyclic) bond motifs is 4. The van der Waals surface area contributed by atoms with Gasteiger partial charge in [-0.2, -0.15) is 8.61 Å². The van der Waals surface area contributed by atoms with Gasteiger partial charge in [0.2, 0.25) is 0 Å². The summed E-state index contributed by atoms with van der Waals surface area (Å²) < 4.78 is 65.8. The van der Waals surface area contributed by atoms with E-state index in [1.165, 1.54) is 24.3 Å². The lowest BCUT2D eigenvalue weighted by Crippen LogP contribution is -2.42. The van der Waals surface area contributed by atoms with Crippen molar-refractivity contribution in [3.8, 4) is 0 Å². The van der Waals surface area contributed by atoms with E-state index in [1.807, 2.05) is 0 Å². The predicted octanol–water partition coefficient (Wildman–Crippen LogP) is 3.65. The molecule has 0 spiro atoms. The molecular formula is C23H29N3O8S2. The predicted molar refractivity (Wildman–Crippen MR) is 129 cm³/mol. The molecule has 0 saturated carbocycles. The van der Waals surface area contributed by atoms with Gasteiger partial charge in [-0.15, -0.1) is 0 Å². The number of carbonyl (C=O) groups excluding carboxylic acids is 2. The summed E-state index contributed by atoms with van der Waals surface area (Å²) in [6.45, 7) is 8.58. The fraction of sp³-hybridized carbons (Fsp3) is 0.435. The van der Waals surface area contributed by atoms with Crippen molar-refractivity contribution in [1.29, 1.82) is 0 Å². The van der Waals surface area contributed by atoms with Gasteiger partial charge in [0.05, 0.1) is 34.3 Å². The van der Waals surface area contributed by atoms with Gasteiger partial charge >= 0.3 is 12.2 Å². The second-order valence-corrected chi connectivity index (χ2v) is 13.8. The Balaban J connectivity index is 2.24. The molecule has 196 valence electrons. The fourth-order valence-electron chi connectivity index (χ4n) is 3.17. The third kappa shape index (κ3) is 6.13. The van der Waals surface area contributed by atoms with E-state index in [0.717, 1.165) is 18.2 Å². The van der Waals surface area contributed by atoms with Crippen LogP contribution in [0.3, 0.4) is 0 Å². The first-order chi connectivity index (χ1) is 16.4. The summed E-state index contributed by atoms with van der Waals surface area (Å²) in [5, 5.41) is 0. The maximum atomic E-state index is 13.5. The third-order valence-corrected chi connectivity index (χ3v) is 8.07. The molecule has 0 N–H and O–H groups in total. The molecule has 0 unspecified atom stereocenters. The lowest BCUT2D eigenvalue weighted by Gasteiger charge is -2.29. The van der Waals surface area contributed by atoms with Crippen LogP contribution in [0.5, 0.6) is 0 Å². The van der Waals surface area contributed by atoms with Crippen LogP contribution in [0, 0.1) is 0 Å². The molecule has 13 heteroatoms. The van der Waals surface area contributed by atoms with Crippen molar-refractivity contribution in [2.75, 3.05) is 0 Å². The number of aromatic nitrogens is 1. The van der Waals surface area contributed by atoms with Crippen molar-refractivity contribution in [1.82, 2.24) is 13.6 Å². The standard InChI is InChI=1S/C23H29N3O8S2/c1-22(2,3)33-20(27)25-14-16-9-7-10-17(24-16)15-26(21(28)34-23(4,5)6)36(31,32)19-12-8-11-18(13-19)35(25,29)30/h7-13H,14-15H2,1-6H3. The Morgan fingerprint density at radius 3 is 1.44 bits per heavy atom. The zero-order chi connectivity index (χ0) is 27.1. The summed E-state index contributed by atoms with van der Waals surface area (Å²) in [4.78, 5) is 29.2. The average Bonchev–Trinajstić information content (AvgIpc) is 2.73. The van der Waals surface area contributed by atoms with E-state index in [2.05, 4.69) is 4.98 Å². The SMILES string of the molecule is CC(C)(C)OC(=O)N1Cc2cccc(n2)CN(C(=O)OC(C)(C)C)S(=O)(=O)c2cccc(c2)S1(=O)=O. The molecule has 4 bridgehead atoms. The van der Waals surface area contributed by atoms with Crippen molar-refractivity contribution >= 4 is 32.2 Å². The quantitative estimate of drug-likeness (QED) is 0.490. The highest BCUT2D eigenvalue weighted by molar-refractivity contribution is 7.90. The smallest absolute Gasteiger partial charge is 0.424 e. The number of hydrogen-bond donors (Lipinski definition) is 0. The highest BCUT2D eigenvalue weighted by atomic mass is 32.2. The van der Waals surface area contributed by atoms with Crippen molar-refractivity contribution in [2.24, 2.45) is 0 Å². The number of rotatable bonds is 0. The molecule has 11 nitrogen and oxygen atoms in total. The summed E-state index contributed by atoms with van der Waals surface area (Å²) in [7, 11) is -9.18. The van der Waals surface area contributed by atoms with Crippen molar-refractivity contribution in [3.05, 3.63) is 53.9 Å². The number of carbonyl (C=O) groups is 2. The molecule has 36 heavy (non-hydrogen) atoms. The topological polar surface area (TPSA) is 140 Å². The zero-order valence-corrected chi connectivity index (χ0v) is 22.5. The van der Waals surface area contributed by atoms with E-state index in [-0.39, 0.29) is 11.4 Å². The molecule has 0 aliphatic carbocycles. The van der Waals surface area contributed by atoms with Gasteiger partial charge in [0.1, 0.15) is 11.2 Å². The van der Waals surface area contributed by atoms with Crippen LogP contribution in [0.2, 0.25) is 0 Å². The van der Waals surface area contributed by atoms with E-state index >= 15 is 0 Å². The van der Waals surface area contributed by atoms with E-state index in [0.29, 0.717) is 8.61 Å². The summed E-state index contributed by atoms with van der Waals surface area (Å²) in [6, 6.07) is 8.88. The molecule has 2 amide bonds. The number of nitrogens with zero attached hydrogens (tertiary/aromatic N) is 3. The van der Waals surface area contributed by atoms with Gasteiger partial charge in [-0.25, -0.2) is 26.4 Å². The van der Waals surface area contributed by atoms with Crippen LogP contribution in [0.1, 0.15) is 52.9 Å². The molecular weight excluding hydrogens is 510 g/mol. The minimum atomic E-state index is -4.59. The Hall–Kier alpha value is -3.19. The van der Waals surface area contributed by atoms with Crippen LogP contribution in [0.25, 0.3) is 0 Å². The summed E-state index contributed by atoms with van der Waals surface area (Å²) >= 11 is 0. The molecule has 1 aliphatic heterocycles. The first-order valence-electron chi connectivity index (χ1n) is 11.0. The monoisotopic (exact) mass is 539 g/mol. The second kappa shape index (κ2) is 9.36. The van der Waals surface area contributed by atoms with Crippen LogP contribution in [0.4, 0.5) is 9.59 Å². The molecule has 0 atom stereocenters. The molecule has 3 rings (SSSR count). The van der Waals surface area contributed by atoms with E-state index in [9.17, 15) is 26.4 Å². The van der Waals surface area contributed by atoms with Crippen LogP contribution < -0.4 is 0 Å². The van der Waals surface area contributed by atoms with Gasteiger partial charge < -0.3 is 9.47 Å². The first kappa shape index (κ1) is 27.4. The Kier molecular flexibility index (Phi) is 7.12. The van der Waals surface area contributed by atoms with Crippen molar-refractivity contribution in [3.63, 3.8) is 0 Å². The van der Waals surface area contributed by atoms with Crippen LogP contribution in [-0.2, 0) is 42.6 Å². The molecule has 1 aromatic carbocycles. The van der Waals surface area contributed by atoms with Crippen LogP contribution in [-0.4, -0.2) is 53.8 Å². The number of pyridine rings is 1. The second-order valence-electron chi connectivity index (χ2n) is 10.1. The highest BCUT2D eigenvalue weighted by Crippen LogP contribution is 2.27. The number of amides is 2. The highest BCUT2D eigenvalue weighted by Gasteiger charge is 2.38. The molecule has 0 fully saturated rings. The van der Waals surface area contributed by atoms with Gasteiger partial charge in [0, 0.05) is 0 Å². The summed E-state index contributed by atoms with van der Waals surface area (Å²) in [5.74, 6) is 0. The minimum Gasteiger partial charge on any atom is -0.443 e. The lowest BCUT2D eigenvalue weighted by molar-refractivity contribution is 0.0371. The van der Waals surface area contributed by atoms with Crippen LogP contribution in [0.15, 0.2) is 52.3 Å². The fourth-order valence-corrected chi connectivity index (χ4v) is 5.88. The largest absolute Gasteiger partial charge is 0.443 e. The Labute approximate surface area is 211 Å².